The molecule has 0 bridgehead atoms. The van der Waals surface area contributed by atoms with Crippen molar-refractivity contribution in [3.8, 4) is 5.75 Å². The van der Waals surface area contributed by atoms with Crippen LogP contribution in [-0.4, -0.2) is 19.3 Å². The fourth-order valence-electron chi connectivity index (χ4n) is 2.04. The second-order valence-electron chi connectivity index (χ2n) is 4.45. The van der Waals surface area contributed by atoms with Crippen LogP contribution in [0.25, 0.3) is 0 Å². The molecule has 0 fully saturated rings. The van der Waals surface area contributed by atoms with Gasteiger partial charge in [0.15, 0.2) is 0 Å². The average molecular weight is 302 g/mol. The topological polar surface area (TPSA) is 64.3 Å². The Hall–Kier alpha value is -2.14. The maximum absolute atomic E-state index is 12.3. The van der Waals surface area contributed by atoms with Crippen molar-refractivity contribution in [1.29, 1.82) is 0 Å². The number of benzene rings is 2. The van der Waals surface area contributed by atoms with Crippen LogP contribution in [0.1, 0.15) is 15.9 Å². The van der Waals surface area contributed by atoms with Crippen LogP contribution >= 0.6 is 11.8 Å². The van der Waals surface area contributed by atoms with E-state index in [1.54, 1.807) is 37.1 Å². The summed E-state index contributed by atoms with van der Waals surface area (Å²) in [6, 6.07) is 12.9. The molecule has 110 valence electrons. The van der Waals surface area contributed by atoms with Gasteiger partial charge in [0.1, 0.15) is 5.75 Å². The number of hydrogen-bond acceptors (Lipinski definition) is 4. The van der Waals surface area contributed by atoms with Crippen molar-refractivity contribution >= 4 is 23.4 Å². The third-order valence-corrected chi connectivity index (χ3v) is 3.89. The molecule has 0 aliphatic heterocycles. The highest BCUT2D eigenvalue weighted by molar-refractivity contribution is 7.98. The molecule has 4 nitrogen and oxygen atoms in total. The fourth-order valence-corrected chi connectivity index (χ4v) is 2.63. The number of amides is 1. The normalized spacial score (nSPS) is 10.2. The summed E-state index contributed by atoms with van der Waals surface area (Å²) < 4.78 is 5.27. The first-order chi connectivity index (χ1) is 10.2. The zero-order valence-electron chi connectivity index (χ0n) is 12.1. The van der Waals surface area contributed by atoms with Gasteiger partial charge in [-0.25, -0.2) is 0 Å². The molecule has 0 aliphatic carbocycles. The Morgan fingerprint density at radius 2 is 2.05 bits per heavy atom. The summed E-state index contributed by atoms with van der Waals surface area (Å²) in [6.07, 6.45) is 1.95. The van der Waals surface area contributed by atoms with Gasteiger partial charge in [0.25, 0.3) is 5.91 Å². The number of thioether (sulfide) groups is 1. The second-order valence-corrected chi connectivity index (χ2v) is 5.30. The molecule has 0 unspecified atom stereocenters. The van der Waals surface area contributed by atoms with Crippen molar-refractivity contribution in [3.05, 3.63) is 53.6 Å². The van der Waals surface area contributed by atoms with E-state index in [-0.39, 0.29) is 5.91 Å². The number of nitrogens with two attached hydrogens (primary N) is 1. The first-order valence-electron chi connectivity index (χ1n) is 6.49. The molecule has 0 aromatic heterocycles. The smallest absolute Gasteiger partial charge is 0.252 e. The third kappa shape index (κ3) is 3.70. The van der Waals surface area contributed by atoms with E-state index in [1.165, 1.54) is 0 Å². The molecule has 21 heavy (non-hydrogen) atoms. The first kappa shape index (κ1) is 15.3. The van der Waals surface area contributed by atoms with E-state index < -0.39 is 0 Å². The standard InChI is InChI=1S/C16H18N2O2S/c1-20-14-8-7-12(17)9-11(14)10-18-16(19)13-5-3-4-6-15(13)21-2/h3-9H,10,17H2,1-2H3,(H,18,19). The predicted molar refractivity (Wildman–Crippen MR) is 86.8 cm³/mol. The Labute approximate surface area is 128 Å². The molecule has 0 aliphatic rings. The highest BCUT2D eigenvalue weighted by Gasteiger charge is 2.11. The highest BCUT2D eigenvalue weighted by atomic mass is 32.2. The molecule has 0 saturated carbocycles. The van der Waals surface area contributed by atoms with Gasteiger partial charge in [-0.1, -0.05) is 12.1 Å². The number of methoxy groups -OCH3 is 1. The monoisotopic (exact) mass is 302 g/mol. The summed E-state index contributed by atoms with van der Waals surface area (Å²) in [5, 5.41) is 2.90. The highest BCUT2D eigenvalue weighted by Crippen LogP contribution is 2.22. The van der Waals surface area contributed by atoms with Crippen LogP contribution in [0.15, 0.2) is 47.4 Å². The minimum atomic E-state index is -0.107. The summed E-state index contributed by atoms with van der Waals surface area (Å²) in [5.41, 5.74) is 7.94. The minimum Gasteiger partial charge on any atom is -0.496 e. The van der Waals surface area contributed by atoms with Gasteiger partial charge in [-0.3, -0.25) is 4.79 Å². The van der Waals surface area contributed by atoms with Crippen LogP contribution in [0, 0.1) is 0 Å². The molecule has 0 atom stereocenters. The Bertz CT molecular complexity index is 644. The minimum absolute atomic E-state index is 0.107. The lowest BCUT2D eigenvalue weighted by Crippen LogP contribution is -2.23. The lowest BCUT2D eigenvalue weighted by molar-refractivity contribution is 0.0948. The fraction of sp³-hybridized carbons (Fsp3) is 0.188. The zero-order valence-corrected chi connectivity index (χ0v) is 12.9. The molecule has 0 spiro atoms. The Kier molecular flexibility index (Phi) is 5.11. The molecule has 0 radical (unpaired) electrons. The number of hydrogen-bond donors (Lipinski definition) is 2. The number of carbonyl (C=O) groups is 1. The van der Waals surface area contributed by atoms with Crippen molar-refractivity contribution in [3.63, 3.8) is 0 Å². The molecule has 2 aromatic carbocycles. The quantitative estimate of drug-likeness (QED) is 0.658. The predicted octanol–water partition coefficient (Wildman–Crippen LogP) is 2.93. The maximum atomic E-state index is 12.3. The van der Waals surface area contributed by atoms with Crippen molar-refractivity contribution in [2.45, 2.75) is 11.4 Å². The summed E-state index contributed by atoms with van der Waals surface area (Å²) in [6.45, 7) is 0.371. The maximum Gasteiger partial charge on any atom is 0.252 e. The van der Waals surface area contributed by atoms with Crippen LogP contribution in [0.5, 0.6) is 5.75 Å². The first-order valence-corrected chi connectivity index (χ1v) is 7.71. The molecule has 5 heteroatoms. The van der Waals surface area contributed by atoms with Crippen molar-refractivity contribution in [1.82, 2.24) is 5.32 Å². The van der Waals surface area contributed by atoms with E-state index in [2.05, 4.69) is 5.32 Å². The molecule has 2 rings (SSSR count). The number of rotatable bonds is 5. The van der Waals surface area contributed by atoms with E-state index in [0.717, 1.165) is 10.5 Å². The number of anilines is 1. The molecule has 0 heterocycles. The van der Waals surface area contributed by atoms with Gasteiger partial charge in [0.2, 0.25) is 0 Å². The molecular formula is C16H18N2O2S. The molecule has 0 saturated heterocycles. The van der Waals surface area contributed by atoms with Crippen LogP contribution in [0.4, 0.5) is 5.69 Å². The Morgan fingerprint density at radius 1 is 1.29 bits per heavy atom. The van der Waals surface area contributed by atoms with Crippen molar-refractivity contribution < 1.29 is 9.53 Å². The molecule has 1 amide bonds. The van der Waals surface area contributed by atoms with Gasteiger partial charge in [0.05, 0.1) is 12.7 Å². The van der Waals surface area contributed by atoms with E-state index >= 15 is 0 Å². The lowest BCUT2D eigenvalue weighted by atomic mass is 10.1. The van der Waals surface area contributed by atoms with Crippen LogP contribution in [-0.2, 0) is 6.54 Å². The van der Waals surface area contributed by atoms with Gasteiger partial charge >= 0.3 is 0 Å². The van der Waals surface area contributed by atoms with Crippen LogP contribution in [0.3, 0.4) is 0 Å². The van der Waals surface area contributed by atoms with Crippen molar-refractivity contribution in [2.24, 2.45) is 0 Å². The van der Waals surface area contributed by atoms with Crippen LogP contribution in [0.2, 0.25) is 0 Å². The average Bonchev–Trinajstić information content (AvgIpc) is 2.52. The summed E-state index contributed by atoms with van der Waals surface area (Å²) in [7, 11) is 1.60. The summed E-state index contributed by atoms with van der Waals surface area (Å²) >= 11 is 1.55. The lowest BCUT2D eigenvalue weighted by Gasteiger charge is -2.12. The van der Waals surface area contributed by atoms with E-state index in [4.69, 9.17) is 10.5 Å². The zero-order chi connectivity index (χ0) is 15.2. The van der Waals surface area contributed by atoms with Gasteiger partial charge in [-0.2, -0.15) is 0 Å². The second kappa shape index (κ2) is 7.04. The van der Waals surface area contributed by atoms with E-state index in [9.17, 15) is 4.79 Å². The molecule has 2 aromatic rings. The van der Waals surface area contributed by atoms with E-state index in [1.807, 2.05) is 30.5 Å². The number of ether oxygens (including phenoxy) is 1. The largest absolute Gasteiger partial charge is 0.496 e. The SMILES string of the molecule is COc1ccc(N)cc1CNC(=O)c1ccccc1SC. The van der Waals surface area contributed by atoms with Crippen molar-refractivity contribution in [2.75, 3.05) is 19.1 Å². The number of nitrogen functional groups attached to an aromatic ring is 1. The third-order valence-electron chi connectivity index (χ3n) is 3.10. The molecule has 3 N–H and O–H groups in total. The van der Waals surface area contributed by atoms with Gasteiger partial charge < -0.3 is 15.8 Å². The van der Waals surface area contributed by atoms with Gasteiger partial charge in [-0.15, -0.1) is 11.8 Å². The number of carbonyl (C=O) groups excluding carboxylic acids is 1. The molecular weight excluding hydrogens is 284 g/mol. The summed E-state index contributed by atoms with van der Waals surface area (Å²) in [4.78, 5) is 13.2. The number of nitrogens with one attached hydrogen (secondary N) is 1. The van der Waals surface area contributed by atoms with Crippen LogP contribution < -0.4 is 15.8 Å². The van der Waals surface area contributed by atoms with Gasteiger partial charge in [0, 0.05) is 22.7 Å². The summed E-state index contributed by atoms with van der Waals surface area (Å²) in [5.74, 6) is 0.604. The van der Waals surface area contributed by atoms with E-state index in [0.29, 0.717) is 23.5 Å². The van der Waals surface area contributed by atoms with Gasteiger partial charge in [-0.05, 0) is 36.6 Å². The Morgan fingerprint density at radius 3 is 2.76 bits per heavy atom. The Balaban J connectivity index is 2.13.